The zero-order valence-corrected chi connectivity index (χ0v) is 19.4. The number of hydrogen-bond donors (Lipinski definition) is 1. The maximum absolute atomic E-state index is 13.9. The van der Waals surface area contributed by atoms with E-state index in [1.165, 1.54) is 34.5 Å². The highest BCUT2D eigenvalue weighted by atomic mass is 35.5. The van der Waals surface area contributed by atoms with Crippen molar-refractivity contribution in [2.45, 2.75) is 13.5 Å². The lowest BCUT2D eigenvalue weighted by Crippen LogP contribution is -2.15. The topological polar surface area (TPSA) is 102 Å². The van der Waals surface area contributed by atoms with Crippen LogP contribution in [0, 0.1) is 6.92 Å². The third-order valence-corrected chi connectivity index (χ3v) is 4.67. The highest BCUT2D eigenvalue weighted by Gasteiger charge is 2.30. The number of aliphatic hydroxyl groups excluding tert-OH is 1. The fourth-order valence-electron chi connectivity index (χ4n) is 2.98. The highest BCUT2D eigenvalue weighted by molar-refractivity contribution is 6.34. The van der Waals surface area contributed by atoms with Crippen LogP contribution in [0.4, 0.5) is 0 Å². The molecule has 0 heterocycles. The van der Waals surface area contributed by atoms with Crippen LogP contribution in [0.15, 0.2) is 18.2 Å². The van der Waals surface area contributed by atoms with Crippen LogP contribution in [0.5, 0.6) is 23.0 Å². The van der Waals surface area contributed by atoms with E-state index in [4.69, 9.17) is 44.8 Å². The number of ether oxygens (including phenoxy) is 7. The summed E-state index contributed by atoms with van der Waals surface area (Å²) in [4.78, 5) is 13.9. The number of aryl methyl sites for hydroxylation is 1. The Morgan fingerprint density at radius 1 is 0.844 bits per heavy atom. The number of carbonyl (C=O) groups excluding carboxylic acids is 1. The van der Waals surface area contributed by atoms with Crippen molar-refractivity contribution in [2.24, 2.45) is 0 Å². The lowest BCUT2D eigenvalue weighted by Gasteiger charge is -2.20. The summed E-state index contributed by atoms with van der Waals surface area (Å²) in [5.41, 5.74) is 1.12. The predicted molar refractivity (Wildman–Crippen MR) is 116 cm³/mol. The van der Waals surface area contributed by atoms with E-state index in [0.717, 1.165) is 5.56 Å². The fraction of sp³-hybridized carbons (Fsp3) is 0.409. The Morgan fingerprint density at radius 3 is 1.84 bits per heavy atom. The van der Waals surface area contributed by atoms with Crippen LogP contribution in [0.2, 0.25) is 5.02 Å². The Balaban J connectivity index is 2.78. The molecule has 0 aliphatic carbocycles. The molecule has 0 fully saturated rings. The molecule has 0 radical (unpaired) electrons. The second kappa shape index (κ2) is 12.5. The van der Waals surface area contributed by atoms with Crippen LogP contribution in [0.1, 0.15) is 27.0 Å². The molecule has 0 aromatic heterocycles. The highest BCUT2D eigenvalue weighted by Crippen LogP contribution is 2.43. The number of halogens is 1. The SMILES string of the molecule is COCOc1cc(C)cc(OCOC)c1C(=O)c1c(CO)cc(OC)c(Cl)c1OCOC. The van der Waals surface area contributed by atoms with Crippen molar-refractivity contribution in [3.8, 4) is 23.0 Å². The smallest absolute Gasteiger partial charge is 0.204 e. The van der Waals surface area contributed by atoms with Crippen LogP contribution in [-0.4, -0.2) is 59.7 Å². The molecule has 0 bridgehead atoms. The van der Waals surface area contributed by atoms with Gasteiger partial charge in [0, 0.05) is 21.3 Å². The number of ketones is 1. The molecule has 9 nitrogen and oxygen atoms in total. The first-order chi connectivity index (χ1) is 15.4. The molecule has 0 spiro atoms. The third kappa shape index (κ3) is 5.81. The normalized spacial score (nSPS) is 10.7. The van der Waals surface area contributed by atoms with E-state index in [1.807, 2.05) is 6.92 Å². The van der Waals surface area contributed by atoms with Gasteiger partial charge in [-0.3, -0.25) is 4.79 Å². The molecule has 0 aliphatic rings. The van der Waals surface area contributed by atoms with Gasteiger partial charge in [-0.25, -0.2) is 0 Å². The second-order valence-corrected chi connectivity index (χ2v) is 6.91. The maximum Gasteiger partial charge on any atom is 0.204 e. The Bertz CT molecular complexity index is 901. The van der Waals surface area contributed by atoms with Gasteiger partial charge in [-0.1, -0.05) is 11.6 Å². The molecule has 2 aromatic rings. The molecule has 2 aromatic carbocycles. The molecule has 0 atom stereocenters. The number of rotatable bonds is 13. The number of aliphatic hydroxyl groups is 1. The predicted octanol–water partition coefficient (Wildman–Crippen LogP) is 3.33. The van der Waals surface area contributed by atoms with E-state index < -0.39 is 12.4 Å². The van der Waals surface area contributed by atoms with Crippen LogP contribution < -0.4 is 18.9 Å². The molecule has 1 N–H and O–H groups in total. The van der Waals surface area contributed by atoms with Gasteiger partial charge < -0.3 is 38.3 Å². The summed E-state index contributed by atoms with van der Waals surface area (Å²) < 4.78 is 37.2. The van der Waals surface area contributed by atoms with Gasteiger partial charge in [0.1, 0.15) is 27.8 Å². The average molecular weight is 471 g/mol. The summed E-state index contributed by atoms with van der Waals surface area (Å²) >= 11 is 6.44. The van der Waals surface area contributed by atoms with Gasteiger partial charge in [0.05, 0.1) is 19.3 Å². The molecule has 0 amide bonds. The van der Waals surface area contributed by atoms with Crippen molar-refractivity contribution in [3.05, 3.63) is 45.5 Å². The van der Waals surface area contributed by atoms with Crippen molar-refractivity contribution in [1.82, 2.24) is 0 Å². The van der Waals surface area contributed by atoms with E-state index in [1.54, 1.807) is 12.1 Å². The first-order valence-electron chi connectivity index (χ1n) is 9.48. The molecule has 0 aliphatic heterocycles. The third-order valence-electron chi connectivity index (χ3n) is 4.31. The quantitative estimate of drug-likeness (QED) is 0.349. The molecular formula is C22H27ClO9. The van der Waals surface area contributed by atoms with Gasteiger partial charge in [-0.15, -0.1) is 0 Å². The van der Waals surface area contributed by atoms with Crippen LogP contribution in [-0.2, 0) is 20.8 Å². The van der Waals surface area contributed by atoms with Crippen molar-refractivity contribution in [1.29, 1.82) is 0 Å². The Morgan fingerprint density at radius 2 is 1.38 bits per heavy atom. The standard InChI is InChI=1S/C22H27ClO9/c1-13-6-15(30-10-26-2)19(16(7-13)31-11-27-3)21(25)18-14(9-24)8-17(29-5)20(23)22(18)32-12-28-4/h6-8,24H,9-12H2,1-5H3. The number of benzene rings is 2. The molecule has 32 heavy (non-hydrogen) atoms. The molecule has 10 heteroatoms. The Labute approximate surface area is 191 Å². The summed E-state index contributed by atoms with van der Waals surface area (Å²) in [6.07, 6.45) is 0. The van der Waals surface area contributed by atoms with Gasteiger partial charge in [0.15, 0.2) is 26.1 Å². The van der Waals surface area contributed by atoms with E-state index >= 15 is 0 Å². The number of methoxy groups -OCH3 is 4. The van der Waals surface area contributed by atoms with Crippen LogP contribution in [0.3, 0.4) is 0 Å². The molecular weight excluding hydrogens is 444 g/mol. The maximum atomic E-state index is 13.9. The summed E-state index contributed by atoms with van der Waals surface area (Å²) in [6, 6.07) is 4.81. The first kappa shape index (κ1) is 25.7. The molecule has 0 unspecified atom stereocenters. The Kier molecular flexibility index (Phi) is 10.0. The molecule has 2 rings (SSSR count). The average Bonchev–Trinajstić information content (AvgIpc) is 2.79. The first-order valence-corrected chi connectivity index (χ1v) is 9.85. The summed E-state index contributed by atoms with van der Waals surface area (Å²) in [5, 5.41) is 10.1. The zero-order valence-electron chi connectivity index (χ0n) is 18.7. The summed E-state index contributed by atoms with van der Waals surface area (Å²) in [7, 11) is 5.76. The van der Waals surface area contributed by atoms with E-state index in [9.17, 15) is 9.90 Å². The zero-order chi connectivity index (χ0) is 23.7. The summed E-state index contributed by atoms with van der Waals surface area (Å²) in [5.74, 6) is 0.113. The minimum Gasteiger partial charge on any atom is -0.495 e. The molecule has 0 saturated heterocycles. The van der Waals surface area contributed by atoms with Crippen molar-refractivity contribution in [3.63, 3.8) is 0 Å². The minimum absolute atomic E-state index is 0.00197. The van der Waals surface area contributed by atoms with Gasteiger partial charge in [0.2, 0.25) is 5.78 Å². The second-order valence-electron chi connectivity index (χ2n) is 6.53. The summed E-state index contributed by atoms with van der Waals surface area (Å²) in [6.45, 7) is 0.954. The van der Waals surface area contributed by atoms with Crippen LogP contribution in [0.25, 0.3) is 0 Å². The van der Waals surface area contributed by atoms with Gasteiger partial charge >= 0.3 is 0 Å². The fourth-order valence-corrected chi connectivity index (χ4v) is 3.26. The lowest BCUT2D eigenvalue weighted by molar-refractivity contribution is 0.0443. The number of carbonyl (C=O) groups is 1. The van der Waals surface area contributed by atoms with E-state index in [0.29, 0.717) is 0 Å². The molecule has 0 saturated carbocycles. The van der Waals surface area contributed by atoms with Crippen molar-refractivity contribution < 1.29 is 43.1 Å². The van der Waals surface area contributed by atoms with Crippen molar-refractivity contribution in [2.75, 3.05) is 48.8 Å². The largest absolute Gasteiger partial charge is 0.495 e. The van der Waals surface area contributed by atoms with Gasteiger partial charge in [0.25, 0.3) is 0 Å². The van der Waals surface area contributed by atoms with Gasteiger partial charge in [-0.2, -0.15) is 0 Å². The van der Waals surface area contributed by atoms with Gasteiger partial charge in [-0.05, 0) is 36.2 Å². The van der Waals surface area contributed by atoms with Crippen LogP contribution >= 0.6 is 11.6 Å². The van der Waals surface area contributed by atoms with Crippen molar-refractivity contribution >= 4 is 17.4 Å². The number of hydrogen-bond acceptors (Lipinski definition) is 9. The molecule has 176 valence electrons. The van der Waals surface area contributed by atoms with E-state index in [2.05, 4.69) is 0 Å². The van der Waals surface area contributed by atoms with E-state index in [-0.39, 0.29) is 65.1 Å². The Hall–Kier alpha value is -2.56. The lowest BCUT2D eigenvalue weighted by atomic mass is 9.95. The minimum atomic E-state index is -0.554. The monoisotopic (exact) mass is 470 g/mol.